The van der Waals surface area contributed by atoms with Crippen LogP contribution >= 0.6 is 11.6 Å². The molecule has 0 atom stereocenters. The first-order chi connectivity index (χ1) is 11.9. The number of hydrogen-bond acceptors (Lipinski definition) is 3. The molecule has 7 heteroatoms. The highest BCUT2D eigenvalue weighted by Gasteiger charge is 2.07. The van der Waals surface area contributed by atoms with E-state index >= 15 is 0 Å². The molecule has 2 rings (SSSR count). The molecule has 0 aliphatic rings. The van der Waals surface area contributed by atoms with Gasteiger partial charge in [-0.25, -0.2) is 4.39 Å². The summed E-state index contributed by atoms with van der Waals surface area (Å²) >= 11 is 6.15. The van der Waals surface area contributed by atoms with Crippen molar-refractivity contribution < 1.29 is 18.7 Å². The Morgan fingerprint density at radius 2 is 2.00 bits per heavy atom. The lowest BCUT2D eigenvalue weighted by Gasteiger charge is -2.11. The lowest BCUT2D eigenvalue weighted by Crippen LogP contribution is -2.25. The topological polar surface area (TPSA) is 67.4 Å². The van der Waals surface area contributed by atoms with Crippen molar-refractivity contribution >= 4 is 29.1 Å². The van der Waals surface area contributed by atoms with Crippen LogP contribution in [0.25, 0.3) is 0 Å². The van der Waals surface area contributed by atoms with Gasteiger partial charge in [-0.1, -0.05) is 23.7 Å². The van der Waals surface area contributed by atoms with Gasteiger partial charge in [0.2, 0.25) is 11.8 Å². The fraction of sp³-hybridized carbons (Fsp3) is 0.222. The number of carbonyl (C=O) groups excluding carboxylic acids is 2. The van der Waals surface area contributed by atoms with Gasteiger partial charge in [-0.15, -0.1) is 0 Å². The van der Waals surface area contributed by atoms with Crippen LogP contribution in [-0.2, 0) is 16.2 Å². The zero-order valence-electron chi connectivity index (χ0n) is 13.6. The molecule has 0 unspecified atom stereocenters. The van der Waals surface area contributed by atoms with Crippen LogP contribution < -0.4 is 15.4 Å². The van der Waals surface area contributed by atoms with E-state index in [1.165, 1.54) is 19.1 Å². The molecule has 0 aromatic heterocycles. The number of benzene rings is 2. The van der Waals surface area contributed by atoms with Gasteiger partial charge in [0, 0.05) is 25.6 Å². The van der Waals surface area contributed by atoms with Gasteiger partial charge in [0.05, 0.1) is 5.02 Å². The minimum Gasteiger partial charge on any atom is -0.487 e. The lowest BCUT2D eigenvalue weighted by molar-refractivity contribution is -0.119. The SMILES string of the molecule is CC(=O)NCCC(=O)Nc1ccc(OCc2cccc(F)c2)c(Cl)c1. The van der Waals surface area contributed by atoms with E-state index in [1.54, 1.807) is 30.3 Å². The Balaban J connectivity index is 1.89. The average molecular weight is 365 g/mol. The summed E-state index contributed by atoms with van der Waals surface area (Å²) in [7, 11) is 0. The summed E-state index contributed by atoms with van der Waals surface area (Å²) in [6, 6.07) is 11.0. The van der Waals surface area contributed by atoms with Gasteiger partial charge in [-0.05, 0) is 35.9 Å². The molecule has 0 aliphatic carbocycles. The average Bonchev–Trinajstić information content (AvgIpc) is 2.54. The fourth-order valence-electron chi connectivity index (χ4n) is 2.06. The van der Waals surface area contributed by atoms with Crippen molar-refractivity contribution in [2.45, 2.75) is 20.0 Å². The minimum absolute atomic E-state index is 0.162. The molecule has 25 heavy (non-hydrogen) atoms. The van der Waals surface area contributed by atoms with Crippen LogP contribution in [0.2, 0.25) is 5.02 Å². The van der Waals surface area contributed by atoms with Gasteiger partial charge in [-0.2, -0.15) is 0 Å². The summed E-state index contributed by atoms with van der Waals surface area (Å²) in [6.45, 7) is 1.84. The minimum atomic E-state index is -0.329. The number of amides is 2. The van der Waals surface area contributed by atoms with E-state index in [2.05, 4.69) is 10.6 Å². The van der Waals surface area contributed by atoms with Crippen molar-refractivity contribution in [3.05, 3.63) is 58.9 Å². The molecule has 0 bridgehead atoms. The summed E-state index contributed by atoms with van der Waals surface area (Å²) in [5.41, 5.74) is 1.21. The van der Waals surface area contributed by atoms with E-state index < -0.39 is 0 Å². The molecule has 2 aromatic rings. The summed E-state index contributed by atoms with van der Waals surface area (Å²) in [4.78, 5) is 22.5. The highest BCUT2D eigenvalue weighted by atomic mass is 35.5. The number of carbonyl (C=O) groups is 2. The summed E-state index contributed by atoms with van der Waals surface area (Å²) in [5.74, 6) is -0.319. The van der Waals surface area contributed by atoms with E-state index in [9.17, 15) is 14.0 Å². The third-order valence-corrected chi connectivity index (χ3v) is 3.52. The largest absolute Gasteiger partial charge is 0.487 e. The number of anilines is 1. The quantitative estimate of drug-likeness (QED) is 0.789. The van der Waals surface area contributed by atoms with Crippen molar-refractivity contribution in [3.63, 3.8) is 0 Å². The number of nitrogens with one attached hydrogen (secondary N) is 2. The second kappa shape index (κ2) is 9.03. The van der Waals surface area contributed by atoms with Crippen molar-refractivity contribution in [2.75, 3.05) is 11.9 Å². The zero-order chi connectivity index (χ0) is 18.2. The Bertz CT molecular complexity index is 768. The summed E-state index contributed by atoms with van der Waals surface area (Å²) < 4.78 is 18.7. The van der Waals surface area contributed by atoms with Crippen LogP contribution in [-0.4, -0.2) is 18.4 Å². The summed E-state index contributed by atoms with van der Waals surface area (Å²) in [5, 5.41) is 5.56. The maximum Gasteiger partial charge on any atom is 0.226 e. The predicted octanol–water partition coefficient (Wildman–Crippen LogP) is 3.52. The molecule has 0 fully saturated rings. The Hall–Kier alpha value is -2.60. The number of hydrogen-bond donors (Lipinski definition) is 2. The Morgan fingerprint density at radius 1 is 1.20 bits per heavy atom. The lowest BCUT2D eigenvalue weighted by atomic mass is 10.2. The van der Waals surface area contributed by atoms with Crippen LogP contribution in [0.5, 0.6) is 5.75 Å². The molecular weight excluding hydrogens is 347 g/mol. The maximum atomic E-state index is 13.1. The summed E-state index contributed by atoms with van der Waals surface area (Å²) in [6.07, 6.45) is 0.162. The van der Waals surface area contributed by atoms with Crippen LogP contribution in [0.15, 0.2) is 42.5 Å². The molecule has 0 radical (unpaired) electrons. The molecule has 0 aliphatic heterocycles. The molecule has 0 heterocycles. The monoisotopic (exact) mass is 364 g/mol. The Morgan fingerprint density at radius 3 is 2.68 bits per heavy atom. The van der Waals surface area contributed by atoms with Gasteiger partial charge in [0.1, 0.15) is 18.2 Å². The molecule has 0 saturated carbocycles. The van der Waals surface area contributed by atoms with Crippen LogP contribution in [0.3, 0.4) is 0 Å². The normalized spacial score (nSPS) is 10.2. The first-order valence-electron chi connectivity index (χ1n) is 7.65. The molecule has 2 N–H and O–H groups in total. The molecule has 0 spiro atoms. The van der Waals surface area contributed by atoms with E-state index in [1.807, 2.05) is 0 Å². The van der Waals surface area contributed by atoms with Crippen LogP contribution in [0, 0.1) is 5.82 Å². The third kappa shape index (κ3) is 6.43. The van der Waals surface area contributed by atoms with Gasteiger partial charge >= 0.3 is 0 Å². The van der Waals surface area contributed by atoms with E-state index in [0.29, 0.717) is 22.0 Å². The molecule has 2 amide bonds. The van der Waals surface area contributed by atoms with Gasteiger partial charge in [-0.3, -0.25) is 9.59 Å². The standard InChI is InChI=1S/C18H18ClFN2O3/c1-12(23)21-8-7-18(24)22-15-5-6-17(16(19)10-15)25-11-13-3-2-4-14(20)9-13/h2-6,9-10H,7-8,11H2,1H3,(H,21,23)(H,22,24). The first-order valence-corrected chi connectivity index (χ1v) is 8.03. The zero-order valence-corrected chi connectivity index (χ0v) is 14.4. The Kier molecular flexibility index (Phi) is 6.77. The first kappa shape index (κ1) is 18.7. The molecular formula is C18H18ClFN2O3. The van der Waals surface area contributed by atoms with Crippen molar-refractivity contribution in [2.24, 2.45) is 0 Å². The number of rotatable bonds is 7. The van der Waals surface area contributed by atoms with Gasteiger partial charge < -0.3 is 15.4 Å². The van der Waals surface area contributed by atoms with Crippen LogP contribution in [0.4, 0.5) is 10.1 Å². The molecule has 5 nitrogen and oxygen atoms in total. The predicted molar refractivity (Wildman–Crippen MR) is 94.1 cm³/mol. The second-order valence-electron chi connectivity index (χ2n) is 5.34. The number of halogens is 2. The Labute approximate surface area is 150 Å². The third-order valence-electron chi connectivity index (χ3n) is 3.23. The smallest absolute Gasteiger partial charge is 0.226 e. The maximum absolute atomic E-state index is 13.1. The highest BCUT2D eigenvalue weighted by molar-refractivity contribution is 6.32. The second-order valence-corrected chi connectivity index (χ2v) is 5.75. The van der Waals surface area contributed by atoms with E-state index in [0.717, 1.165) is 0 Å². The molecule has 0 saturated heterocycles. The van der Waals surface area contributed by atoms with Crippen molar-refractivity contribution in [1.82, 2.24) is 5.32 Å². The van der Waals surface area contributed by atoms with E-state index in [-0.39, 0.29) is 37.2 Å². The highest BCUT2D eigenvalue weighted by Crippen LogP contribution is 2.28. The van der Waals surface area contributed by atoms with Gasteiger partial charge in [0.15, 0.2) is 0 Å². The van der Waals surface area contributed by atoms with Crippen molar-refractivity contribution in [1.29, 1.82) is 0 Å². The van der Waals surface area contributed by atoms with Gasteiger partial charge in [0.25, 0.3) is 0 Å². The molecule has 2 aromatic carbocycles. The van der Waals surface area contributed by atoms with E-state index in [4.69, 9.17) is 16.3 Å². The molecule has 132 valence electrons. The number of ether oxygens (including phenoxy) is 1. The fourth-order valence-corrected chi connectivity index (χ4v) is 2.29. The van der Waals surface area contributed by atoms with Crippen LogP contribution in [0.1, 0.15) is 18.9 Å². The van der Waals surface area contributed by atoms with Crippen molar-refractivity contribution in [3.8, 4) is 5.75 Å².